The largest absolute Gasteiger partial charge is 0.486 e. The molecule has 0 bridgehead atoms. The van der Waals surface area contributed by atoms with Crippen molar-refractivity contribution in [2.45, 2.75) is 12.6 Å². The van der Waals surface area contributed by atoms with Crippen molar-refractivity contribution in [1.82, 2.24) is 5.32 Å². The van der Waals surface area contributed by atoms with Gasteiger partial charge in [0, 0.05) is 13.1 Å². The van der Waals surface area contributed by atoms with Crippen LogP contribution >= 0.6 is 23.2 Å². The molecule has 0 aliphatic carbocycles. The maximum absolute atomic E-state index is 5.99. The number of halogens is 2. The van der Waals surface area contributed by atoms with Crippen LogP contribution in [0.5, 0.6) is 11.5 Å². The molecule has 2 aromatic carbocycles. The summed E-state index contributed by atoms with van der Waals surface area (Å²) in [7, 11) is 0. The van der Waals surface area contributed by atoms with Crippen molar-refractivity contribution in [3.05, 3.63) is 58.1 Å². The molecule has 0 aromatic heterocycles. The molecule has 0 saturated carbocycles. The summed E-state index contributed by atoms with van der Waals surface area (Å²) in [6.45, 7) is 1.96. The fourth-order valence-corrected chi connectivity index (χ4v) is 2.51. The molecular weight excluding hydrogens is 309 g/mol. The van der Waals surface area contributed by atoms with Gasteiger partial charge in [-0.15, -0.1) is 0 Å². The van der Waals surface area contributed by atoms with Gasteiger partial charge in [0.1, 0.15) is 12.7 Å². The van der Waals surface area contributed by atoms with Gasteiger partial charge in [0.2, 0.25) is 0 Å². The van der Waals surface area contributed by atoms with Crippen LogP contribution in [-0.4, -0.2) is 19.3 Å². The lowest BCUT2D eigenvalue weighted by Crippen LogP contribution is -2.38. The summed E-state index contributed by atoms with van der Waals surface area (Å²) in [6.07, 6.45) is 0.00247. The maximum atomic E-state index is 5.99. The summed E-state index contributed by atoms with van der Waals surface area (Å²) < 4.78 is 11.5. The average molecular weight is 324 g/mol. The summed E-state index contributed by atoms with van der Waals surface area (Å²) >= 11 is 11.9. The van der Waals surface area contributed by atoms with E-state index < -0.39 is 0 Å². The number of rotatable bonds is 4. The van der Waals surface area contributed by atoms with Gasteiger partial charge in [-0.05, 0) is 29.8 Å². The van der Waals surface area contributed by atoms with Gasteiger partial charge in [-0.1, -0.05) is 41.4 Å². The third-order valence-electron chi connectivity index (χ3n) is 3.25. The van der Waals surface area contributed by atoms with Crippen LogP contribution < -0.4 is 14.8 Å². The highest BCUT2D eigenvalue weighted by molar-refractivity contribution is 6.42. The lowest BCUT2D eigenvalue weighted by molar-refractivity contribution is 0.0902. The Morgan fingerprint density at radius 3 is 2.67 bits per heavy atom. The number of fused-ring (bicyclic) bond motifs is 1. The van der Waals surface area contributed by atoms with E-state index in [0.29, 0.717) is 29.7 Å². The lowest BCUT2D eigenvalue weighted by Gasteiger charge is -2.26. The Kier molecular flexibility index (Phi) is 4.54. The lowest BCUT2D eigenvalue weighted by atomic mass is 10.2. The predicted molar refractivity (Wildman–Crippen MR) is 84.5 cm³/mol. The minimum atomic E-state index is 0.00247. The monoisotopic (exact) mass is 323 g/mol. The van der Waals surface area contributed by atoms with Gasteiger partial charge >= 0.3 is 0 Å². The first-order chi connectivity index (χ1) is 10.2. The Bertz CT molecular complexity index is 633. The maximum Gasteiger partial charge on any atom is 0.161 e. The van der Waals surface area contributed by atoms with Crippen molar-refractivity contribution in [1.29, 1.82) is 0 Å². The fraction of sp³-hybridized carbons (Fsp3) is 0.250. The van der Waals surface area contributed by atoms with E-state index in [-0.39, 0.29) is 6.10 Å². The van der Waals surface area contributed by atoms with Gasteiger partial charge in [0.15, 0.2) is 11.5 Å². The first-order valence-corrected chi connectivity index (χ1v) is 7.51. The van der Waals surface area contributed by atoms with Crippen molar-refractivity contribution >= 4 is 23.2 Å². The summed E-state index contributed by atoms with van der Waals surface area (Å²) in [5, 5.41) is 4.48. The molecule has 110 valence electrons. The second kappa shape index (κ2) is 6.56. The summed E-state index contributed by atoms with van der Waals surface area (Å²) in [4.78, 5) is 0. The SMILES string of the molecule is Clc1ccc(CNCC2COc3ccccc3O2)cc1Cl. The first-order valence-electron chi connectivity index (χ1n) is 6.75. The zero-order chi connectivity index (χ0) is 14.7. The zero-order valence-electron chi connectivity index (χ0n) is 11.3. The number of ether oxygens (including phenoxy) is 2. The first kappa shape index (κ1) is 14.5. The minimum absolute atomic E-state index is 0.00247. The molecule has 1 aliphatic rings. The average Bonchev–Trinajstić information content (AvgIpc) is 2.51. The van der Waals surface area contributed by atoms with Crippen LogP contribution in [0.3, 0.4) is 0 Å². The van der Waals surface area contributed by atoms with Crippen molar-refractivity contribution in [2.75, 3.05) is 13.2 Å². The van der Waals surface area contributed by atoms with E-state index in [0.717, 1.165) is 17.1 Å². The van der Waals surface area contributed by atoms with E-state index in [1.807, 2.05) is 36.4 Å². The highest BCUT2D eigenvalue weighted by atomic mass is 35.5. The van der Waals surface area contributed by atoms with Gasteiger partial charge in [-0.25, -0.2) is 0 Å². The Labute approximate surface area is 133 Å². The molecule has 3 rings (SSSR count). The summed E-state index contributed by atoms with van der Waals surface area (Å²) in [5.74, 6) is 1.60. The molecule has 21 heavy (non-hydrogen) atoms. The molecule has 1 N–H and O–H groups in total. The Morgan fingerprint density at radius 2 is 1.86 bits per heavy atom. The molecule has 2 aromatic rings. The molecule has 0 amide bonds. The second-order valence-electron chi connectivity index (χ2n) is 4.88. The molecule has 1 heterocycles. The zero-order valence-corrected chi connectivity index (χ0v) is 12.8. The van der Waals surface area contributed by atoms with Crippen LogP contribution in [0, 0.1) is 0 Å². The molecular formula is C16H15Cl2NO2. The van der Waals surface area contributed by atoms with Crippen LogP contribution in [0.25, 0.3) is 0 Å². The van der Waals surface area contributed by atoms with Gasteiger partial charge in [-0.2, -0.15) is 0 Å². The third kappa shape index (κ3) is 3.62. The molecule has 0 saturated heterocycles. The van der Waals surface area contributed by atoms with Crippen LogP contribution in [0.15, 0.2) is 42.5 Å². The second-order valence-corrected chi connectivity index (χ2v) is 5.69. The topological polar surface area (TPSA) is 30.5 Å². The van der Waals surface area contributed by atoms with Crippen molar-refractivity contribution < 1.29 is 9.47 Å². The number of hydrogen-bond acceptors (Lipinski definition) is 3. The molecule has 5 heteroatoms. The van der Waals surface area contributed by atoms with Crippen molar-refractivity contribution in [3.8, 4) is 11.5 Å². The standard InChI is InChI=1S/C16H15Cl2NO2/c17-13-6-5-11(7-14(13)18)8-19-9-12-10-20-15-3-1-2-4-16(15)21-12/h1-7,12,19H,8-10H2. The predicted octanol–water partition coefficient (Wildman–Crippen LogP) is 3.92. The Balaban J connectivity index is 1.51. The molecule has 1 atom stereocenters. The molecule has 0 fully saturated rings. The van der Waals surface area contributed by atoms with Crippen LogP contribution in [0.4, 0.5) is 0 Å². The number of nitrogens with one attached hydrogen (secondary N) is 1. The van der Waals surface area contributed by atoms with Crippen LogP contribution in [0.1, 0.15) is 5.56 Å². The normalized spacial score (nSPS) is 16.8. The summed E-state index contributed by atoms with van der Waals surface area (Å²) in [5.41, 5.74) is 1.08. The van der Waals surface area contributed by atoms with Crippen LogP contribution in [-0.2, 0) is 6.54 Å². The molecule has 0 spiro atoms. The van der Waals surface area contributed by atoms with Crippen molar-refractivity contribution in [3.63, 3.8) is 0 Å². The Morgan fingerprint density at radius 1 is 1.05 bits per heavy atom. The van der Waals surface area contributed by atoms with E-state index in [1.54, 1.807) is 6.07 Å². The number of para-hydroxylation sites is 2. The van der Waals surface area contributed by atoms with E-state index >= 15 is 0 Å². The fourth-order valence-electron chi connectivity index (χ4n) is 2.19. The van der Waals surface area contributed by atoms with Gasteiger partial charge in [-0.3, -0.25) is 0 Å². The quantitative estimate of drug-likeness (QED) is 0.924. The van der Waals surface area contributed by atoms with E-state index in [9.17, 15) is 0 Å². The highest BCUT2D eigenvalue weighted by Crippen LogP contribution is 2.30. The molecule has 1 unspecified atom stereocenters. The third-order valence-corrected chi connectivity index (χ3v) is 3.99. The molecule has 0 radical (unpaired) electrons. The van der Waals surface area contributed by atoms with Gasteiger partial charge in [0.25, 0.3) is 0 Å². The number of hydrogen-bond donors (Lipinski definition) is 1. The smallest absolute Gasteiger partial charge is 0.161 e. The Hall–Kier alpha value is -1.42. The van der Waals surface area contributed by atoms with E-state index in [2.05, 4.69) is 5.32 Å². The minimum Gasteiger partial charge on any atom is -0.486 e. The summed E-state index contributed by atoms with van der Waals surface area (Å²) in [6, 6.07) is 13.3. The highest BCUT2D eigenvalue weighted by Gasteiger charge is 2.19. The van der Waals surface area contributed by atoms with E-state index in [4.69, 9.17) is 32.7 Å². The van der Waals surface area contributed by atoms with Gasteiger partial charge < -0.3 is 14.8 Å². The molecule has 3 nitrogen and oxygen atoms in total. The van der Waals surface area contributed by atoms with E-state index in [1.165, 1.54) is 0 Å². The van der Waals surface area contributed by atoms with Crippen molar-refractivity contribution in [2.24, 2.45) is 0 Å². The number of benzene rings is 2. The molecule has 1 aliphatic heterocycles. The van der Waals surface area contributed by atoms with Gasteiger partial charge in [0.05, 0.1) is 10.0 Å². The van der Waals surface area contributed by atoms with Crippen LogP contribution in [0.2, 0.25) is 10.0 Å².